The molecule has 0 fully saturated rings. The number of methoxy groups -OCH3 is 2. The fourth-order valence-corrected chi connectivity index (χ4v) is 2.82. The Morgan fingerprint density at radius 1 is 0.857 bits per heavy atom. The average molecular weight is 508 g/mol. The number of carbonyl (C=O) groups excluding carboxylic acids is 1. The summed E-state index contributed by atoms with van der Waals surface area (Å²) in [6.07, 6.45) is 0. The molecule has 0 radical (unpaired) electrons. The molecule has 2 rings (SSSR count). The first kappa shape index (κ1) is 16.9. The summed E-state index contributed by atoms with van der Waals surface area (Å²) in [5, 5.41) is 0. The van der Waals surface area contributed by atoms with Crippen molar-refractivity contribution in [3.05, 3.63) is 66.8 Å². The number of ketones is 1. The molecular formula is C16H14I2O3. The molecule has 21 heavy (non-hydrogen) atoms. The molecule has 0 aliphatic rings. The van der Waals surface area contributed by atoms with Crippen LogP contribution in [0.25, 0.3) is 0 Å². The Morgan fingerprint density at radius 2 is 1.29 bits per heavy atom. The fraction of sp³-hybridized carbons (Fsp3) is 0.188. The second kappa shape index (κ2) is 7.17. The second-order valence-corrected chi connectivity index (χ2v) is 6.86. The van der Waals surface area contributed by atoms with E-state index >= 15 is 0 Å². The summed E-state index contributed by atoms with van der Waals surface area (Å²) in [6, 6.07) is 14.9. The third-order valence-electron chi connectivity index (χ3n) is 3.20. The molecule has 2 aromatic rings. The number of benzene rings is 2. The predicted molar refractivity (Wildman–Crippen MR) is 98.3 cm³/mol. The quantitative estimate of drug-likeness (QED) is 0.345. The highest BCUT2D eigenvalue weighted by Crippen LogP contribution is 2.31. The molecule has 0 spiro atoms. The third-order valence-corrected chi connectivity index (χ3v) is 4.64. The van der Waals surface area contributed by atoms with Crippen molar-refractivity contribution in [2.24, 2.45) is 0 Å². The van der Waals surface area contributed by atoms with Crippen LogP contribution in [-0.2, 0) is 15.3 Å². The summed E-state index contributed by atoms with van der Waals surface area (Å²) < 4.78 is 13.1. The summed E-state index contributed by atoms with van der Waals surface area (Å²) in [7, 11) is 2.96. The molecular weight excluding hydrogens is 494 g/mol. The first-order chi connectivity index (χ1) is 10.0. The van der Waals surface area contributed by atoms with Gasteiger partial charge in [-0.05, 0) is 69.4 Å². The number of Topliss-reactive ketones (excluding diaryl/α,β-unsaturated/α-hetero) is 1. The third kappa shape index (κ3) is 3.46. The molecule has 0 amide bonds. The maximum atomic E-state index is 12.9. The van der Waals surface area contributed by atoms with Gasteiger partial charge in [-0.15, -0.1) is 0 Å². The van der Waals surface area contributed by atoms with Crippen LogP contribution in [0.5, 0.6) is 0 Å². The lowest BCUT2D eigenvalue weighted by Crippen LogP contribution is -2.40. The zero-order chi connectivity index (χ0) is 15.5. The Kier molecular flexibility index (Phi) is 5.75. The molecule has 0 saturated heterocycles. The first-order valence-corrected chi connectivity index (χ1v) is 8.36. The molecule has 0 saturated carbocycles. The zero-order valence-electron chi connectivity index (χ0n) is 11.6. The van der Waals surface area contributed by atoms with Crippen LogP contribution in [0.3, 0.4) is 0 Å². The Hall–Kier alpha value is -0.510. The van der Waals surface area contributed by atoms with Crippen LogP contribution in [0.15, 0.2) is 48.5 Å². The van der Waals surface area contributed by atoms with Gasteiger partial charge in [0, 0.05) is 32.5 Å². The van der Waals surface area contributed by atoms with Crippen molar-refractivity contribution in [3.63, 3.8) is 0 Å². The maximum absolute atomic E-state index is 12.9. The van der Waals surface area contributed by atoms with Crippen molar-refractivity contribution in [1.82, 2.24) is 0 Å². The predicted octanol–water partition coefficient (Wildman–Crippen LogP) is 4.22. The van der Waals surface area contributed by atoms with Gasteiger partial charge in [0.15, 0.2) is 0 Å². The maximum Gasteiger partial charge on any atom is 0.260 e. The summed E-state index contributed by atoms with van der Waals surface area (Å²) in [5.41, 5.74) is 1.23. The topological polar surface area (TPSA) is 35.5 Å². The van der Waals surface area contributed by atoms with Gasteiger partial charge in [-0.25, -0.2) is 0 Å². The molecule has 0 unspecified atom stereocenters. The van der Waals surface area contributed by atoms with E-state index in [0.29, 0.717) is 11.1 Å². The summed E-state index contributed by atoms with van der Waals surface area (Å²) in [4.78, 5) is 12.9. The molecule has 110 valence electrons. The second-order valence-electron chi connectivity index (χ2n) is 4.37. The largest absolute Gasteiger partial charge is 0.343 e. The van der Waals surface area contributed by atoms with Gasteiger partial charge in [-0.3, -0.25) is 4.79 Å². The van der Waals surface area contributed by atoms with Crippen molar-refractivity contribution in [2.75, 3.05) is 14.2 Å². The van der Waals surface area contributed by atoms with Crippen molar-refractivity contribution in [2.45, 2.75) is 5.79 Å². The normalized spacial score (nSPS) is 11.4. The SMILES string of the molecule is COC(OC)(C(=O)c1ccc(I)cc1)c1ccc(I)cc1. The minimum absolute atomic E-state index is 0.217. The fourth-order valence-electron chi connectivity index (χ4n) is 2.10. The van der Waals surface area contributed by atoms with E-state index in [0.717, 1.165) is 7.14 Å². The van der Waals surface area contributed by atoms with Crippen molar-refractivity contribution in [3.8, 4) is 0 Å². The number of hydrogen-bond donors (Lipinski definition) is 0. The lowest BCUT2D eigenvalue weighted by molar-refractivity contribution is -0.176. The number of rotatable bonds is 5. The van der Waals surface area contributed by atoms with Gasteiger partial charge in [-0.1, -0.05) is 24.3 Å². The van der Waals surface area contributed by atoms with Gasteiger partial charge in [0.2, 0.25) is 5.78 Å². The number of halogens is 2. The lowest BCUT2D eigenvalue weighted by atomic mass is 9.96. The summed E-state index contributed by atoms with van der Waals surface area (Å²) >= 11 is 4.41. The van der Waals surface area contributed by atoms with Crippen LogP contribution >= 0.6 is 45.2 Å². The van der Waals surface area contributed by atoms with Gasteiger partial charge in [0.05, 0.1) is 0 Å². The van der Waals surface area contributed by atoms with E-state index in [-0.39, 0.29) is 5.78 Å². The van der Waals surface area contributed by atoms with E-state index in [1.165, 1.54) is 14.2 Å². The van der Waals surface area contributed by atoms with Gasteiger partial charge in [-0.2, -0.15) is 0 Å². The van der Waals surface area contributed by atoms with Crippen LogP contribution < -0.4 is 0 Å². The van der Waals surface area contributed by atoms with E-state index in [9.17, 15) is 4.79 Å². The van der Waals surface area contributed by atoms with E-state index in [1.807, 2.05) is 36.4 Å². The molecule has 3 nitrogen and oxygen atoms in total. The van der Waals surface area contributed by atoms with E-state index in [2.05, 4.69) is 45.2 Å². The highest BCUT2D eigenvalue weighted by molar-refractivity contribution is 14.1. The van der Waals surface area contributed by atoms with Gasteiger partial charge >= 0.3 is 0 Å². The van der Waals surface area contributed by atoms with E-state index in [4.69, 9.17) is 9.47 Å². The van der Waals surface area contributed by atoms with E-state index in [1.54, 1.807) is 12.1 Å². The Balaban J connectivity index is 2.48. The molecule has 2 aromatic carbocycles. The molecule has 5 heteroatoms. The van der Waals surface area contributed by atoms with Crippen LogP contribution in [0.1, 0.15) is 15.9 Å². The Morgan fingerprint density at radius 3 is 1.71 bits per heavy atom. The summed E-state index contributed by atoms with van der Waals surface area (Å²) in [5.74, 6) is -1.64. The average Bonchev–Trinajstić information content (AvgIpc) is 2.51. The Bertz CT molecular complexity index is 617. The van der Waals surface area contributed by atoms with Gasteiger partial charge in [0.1, 0.15) is 0 Å². The van der Waals surface area contributed by atoms with Crippen molar-refractivity contribution < 1.29 is 14.3 Å². The molecule has 0 heterocycles. The van der Waals surface area contributed by atoms with Gasteiger partial charge in [0.25, 0.3) is 5.79 Å². The van der Waals surface area contributed by atoms with Crippen molar-refractivity contribution in [1.29, 1.82) is 0 Å². The van der Waals surface area contributed by atoms with Crippen molar-refractivity contribution >= 4 is 51.0 Å². The van der Waals surface area contributed by atoms with Crippen LogP contribution in [0.4, 0.5) is 0 Å². The highest BCUT2D eigenvalue weighted by Gasteiger charge is 2.41. The minimum atomic E-state index is -1.42. The van der Waals surface area contributed by atoms with Gasteiger partial charge < -0.3 is 9.47 Å². The molecule has 0 atom stereocenters. The highest BCUT2D eigenvalue weighted by atomic mass is 127. The number of carbonyl (C=O) groups is 1. The summed E-state index contributed by atoms with van der Waals surface area (Å²) in [6.45, 7) is 0. The molecule has 0 aliphatic heterocycles. The first-order valence-electron chi connectivity index (χ1n) is 6.20. The minimum Gasteiger partial charge on any atom is -0.343 e. The van der Waals surface area contributed by atoms with Crippen LogP contribution in [-0.4, -0.2) is 20.0 Å². The monoisotopic (exact) mass is 508 g/mol. The zero-order valence-corrected chi connectivity index (χ0v) is 15.9. The lowest BCUT2D eigenvalue weighted by Gasteiger charge is -2.29. The Labute approximate surface area is 151 Å². The molecule has 0 aliphatic carbocycles. The van der Waals surface area contributed by atoms with Crippen LogP contribution in [0, 0.1) is 7.14 Å². The van der Waals surface area contributed by atoms with E-state index < -0.39 is 5.79 Å². The van der Waals surface area contributed by atoms with Crippen LogP contribution in [0.2, 0.25) is 0 Å². The molecule has 0 N–H and O–H groups in total. The standard InChI is InChI=1S/C16H14I2O3/c1-20-16(21-2,12-5-9-14(18)10-6-12)15(19)11-3-7-13(17)8-4-11/h3-10H,1-2H3. The molecule has 0 aromatic heterocycles. The molecule has 0 bridgehead atoms. The number of ether oxygens (including phenoxy) is 2. The number of hydrogen-bond acceptors (Lipinski definition) is 3. The smallest absolute Gasteiger partial charge is 0.260 e.